The molecule has 0 spiro atoms. The van der Waals surface area contributed by atoms with Gasteiger partial charge in [-0.05, 0) is 11.1 Å². The van der Waals surface area contributed by atoms with Gasteiger partial charge in [0.05, 0.1) is 12.6 Å². The molecule has 1 aliphatic heterocycles. The lowest BCUT2D eigenvalue weighted by atomic mass is 9.96. The molecule has 0 saturated carbocycles. The number of hydrogen-bond donors (Lipinski definition) is 0. The summed E-state index contributed by atoms with van der Waals surface area (Å²) in [6, 6.07) is 22.1. The predicted molar refractivity (Wildman–Crippen MR) is 108 cm³/mol. The van der Waals surface area contributed by atoms with E-state index >= 15 is 0 Å². The van der Waals surface area contributed by atoms with Crippen molar-refractivity contribution >= 4 is 9.47 Å². The molecule has 3 nitrogen and oxygen atoms in total. The van der Waals surface area contributed by atoms with Gasteiger partial charge >= 0.3 is 0 Å². The Morgan fingerprint density at radius 2 is 1.40 bits per heavy atom. The van der Waals surface area contributed by atoms with Gasteiger partial charge in [0, 0.05) is 42.2 Å². The third-order valence-corrected chi connectivity index (χ3v) is 4.92. The zero-order valence-electron chi connectivity index (χ0n) is 14.6. The van der Waals surface area contributed by atoms with E-state index in [1.54, 1.807) is 0 Å². The van der Waals surface area contributed by atoms with Crippen LogP contribution in [-0.2, 0) is 4.52 Å². The molecule has 0 aliphatic carbocycles. The first-order chi connectivity index (χ1) is 12.4. The Labute approximate surface area is 153 Å². The summed E-state index contributed by atoms with van der Waals surface area (Å²) in [5.41, 5.74) is 2.75. The molecule has 2 aromatic rings. The maximum absolute atomic E-state index is 4.98. The molecule has 4 heteroatoms. The molecule has 3 rings (SSSR count). The molecule has 0 radical (unpaired) electrons. The van der Waals surface area contributed by atoms with Gasteiger partial charge in [-0.25, -0.2) is 0 Å². The van der Waals surface area contributed by atoms with Crippen LogP contribution in [0.1, 0.15) is 17.2 Å². The number of nitrogens with zero attached hydrogens (tertiary/aromatic N) is 2. The SMILES string of the molecule is POC/C=C/CN1CCN(C(c2ccccc2)c2ccccc2)CC1. The summed E-state index contributed by atoms with van der Waals surface area (Å²) in [7, 11) is 2.28. The van der Waals surface area contributed by atoms with Crippen molar-refractivity contribution in [2.45, 2.75) is 6.04 Å². The second-order valence-electron chi connectivity index (χ2n) is 6.37. The van der Waals surface area contributed by atoms with Gasteiger partial charge in [-0.3, -0.25) is 9.80 Å². The number of rotatable bonds is 7. The van der Waals surface area contributed by atoms with Crippen LogP contribution in [0.4, 0.5) is 0 Å². The first-order valence-corrected chi connectivity index (χ1v) is 9.38. The van der Waals surface area contributed by atoms with Crippen LogP contribution in [0.15, 0.2) is 72.8 Å². The van der Waals surface area contributed by atoms with Crippen LogP contribution in [0.25, 0.3) is 0 Å². The van der Waals surface area contributed by atoms with E-state index in [0.717, 1.165) is 32.7 Å². The van der Waals surface area contributed by atoms with Crippen LogP contribution in [0.5, 0.6) is 0 Å². The normalized spacial score (nSPS) is 16.7. The van der Waals surface area contributed by atoms with Gasteiger partial charge in [0.25, 0.3) is 0 Å². The fraction of sp³-hybridized carbons (Fsp3) is 0.333. The van der Waals surface area contributed by atoms with E-state index in [4.69, 9.17) is 4.52 Å². The summed E-state index contributed by atoms with van der Waals surface area (Å²) in [5.74, 6) is 0. The van der Waals surface area contributed by atoms with Gasteiger partial charge in [0.1, 0.15) is 0 Å². The maximum atomic E-state index is 4.98. The summed E-state index contributed by atoms with van der Waals surface area (Å²) >= 11 is 0. The summed E-state index contributed by atoms with van der Waals surface area (Å²) in [6.07, 6.45) is 4.28. The number of benzene rings is 2. The van der Waals surface area contributed by atoms with Crippen molar-refractivity contribution in [3.8, 4) is 0 Å². The molecule has 2 aromatic carbocycles. The van der Waals surface area contributed by atoms with Crippen molar-refractivity contribution in [2.75, 3.05) is 39.3 Å². The summed E-state index contributed by atoms with van der Waals surface area (Å²) in [5, 5.41) is 0. The fourth-order valence-electron chi connectivity index (χ4n) is 3.44. The lowest BCUT2D eigenvalue weighted by molar-refractivity contribution is 0.117. The fourth-order valence-corrected chi connectivity index (χ4v) is 3.55. The van der Waals surface area contributed by atoms with E-state index in [1.807, 2.05) is 0 Å². The highest BCUT2D eigenvalue weighted by Crippen LogP contribution is 2.29. The van der Waals surface area contributed by atoms with Crippen molar-refractivity contribution in [3.63, 3.8) is 0 Å². The van der Waals surface area contributed by atoms with Gasteiger partial charge in [0.15, 0.2) is 0 Å². The van der Waals surface area contributed by atoms with Gasteiger partial charge in [-0.2, -0.15) is 0 Å². The van der Waals surface area contributed by atoms with Crippen LogP contribution < -0.4 is 0 Å². The lowest BCUT2D eigenvalue weighted by Crippen LogP contribution is -2.47. The van der Waals surface area contributed by atoms with Crippen LogP contribution in [0, 0.1) is 0 Å². The highest BCUT2D eigenvalue weighted by Gasteiger charge is 2.25. The average molecular weight is 354 g/mol. The Kier molecular flexibility index (Phi) is 7.20. The van der Waals surface area contributed by atoms with E-state index in [1.165, 1.54) is 11.1 Å². The van der Waals surface area contributed by atoms with E-state index in [-0.39, 0.29) is 0 Å². The van der Waals surface area contributed by atoms with Crippen LogP contribution >= 0.6 is 9.47 Å². The van der Waals surface area contributed by atoms with Gasteiger partial charge in [-0.15, -0.1) is 0 Å². The summed E-state index contributed by atoms with van der Waals surface area (Å²) < 4.78 is 4.98. The average Bonchev–Trinajstić information content (AvgIpc) is 2.68. The molecule has 0 amide bonds. The highest BCUT2D eigenvalue weighted by molar-refractivity contribution is 7.09. The molecular weight excluding hydrogens is 327 g/mol. The van der Waals surface area contributed by atoms with Gasteiger partial charge in [0.2, 0.25) is 0 Å². The smallest absolute Gasteiger partial charge is 0.0683 e. The molecule has 1 heterocycles. The molecule has 1 aliphatic rings. The minimum Gasteiger partial charge on any atom is -0.362 e. The Morgan fingerprint density at radius 1 is 0.840 bits per heavy atom. The molecule has 1 saturated heterocycles. The molecule has 132 valence electrons. The van der Waals surface area contributed by atoms with Crippen molar-refractivity contribution in [2.24, 2.45) is 0 Å². The lowest BCUT2D eigenvalue weighted by Gasteiger charge is -2.39. The zero-order chi connectivity index (χ0) is 17.3. The van der Waals surface area contributed by atoms with Crippen molar-refractivity contribution in [3.05, 3.63) is 83.9 Å². The first kappa shape index (κ1) is 18.3. The van der Waals surface area contributed by atoms with Crippen molar-refractivity contribution < 1.29 is 4.52 Å². The Morgan fingerprint density at radius 3 is 1.92 bits per heavy atom. The maximum Gasteiger partial charge on any atom is 0.0683 e. The number of piperazine rings is 1. The molecule has 1 fully saturated rings. The van der Waals surface area contributed by atoms with Gasteiger partial charge < -0.3 is 4.52 Å². The second-order valence-corrected chi connectivity index (χ2v) is 6.70. The van der Waals surface area contributed by atoms with Crippen LogP contribution in [-0.4, -0.2) is 49.1 Å². The van der Waals surface area contributed by atoms with Crippen molar-refractivity contribution in [1.82, 2.24) is 9.80 Å². The van der Waals surface area contributed by atoms with E-state index in [2.05, 4.69) is 92.1 Å². The third-order valence-electron chi connectivity index (χ3n) is 4.73. The van der Waals surface area contributed by atoms with E-state index in [0.29, 0.717) is 12.6 Å². The van der Waals surface area contributed by atoms with E-state index in [9.17, 15) is 0 Å². The monoisotopic (exact) mass is 354 g/mol. The summed E-state index contributed by atoms with van der Waals surface area (Å²) in [6.45, 7) is 6.03. The molecular formula is C21H27N2OP. The molecule has 0 bridgehead atoms. The zero-order valence-corrected chi connectivity index (χ0v) is 15.8. The molecule has 1 unspecified atom stereocenters. The Hall–Kier alpha value is -1.51. The van der Waals surface area contributed by atoms with Gasteiger partial charge in [-0.1, -0.05) is 72.8 Å². The molecule has 25 heavy (non-hydrogen) atoms. The standard InChI is InChI=1S/C21H27N2OP/c25-24-18-8-7-13-22-14-16-23(17-15-22)21(19-9-3-1-4-10-19)20-11-5-2-6-12-20/h1-12,21H,13-18,25H2/b8-7+. The molecule has 0 aromatic heterocycles. The van der Waals surface area contributed by atoms with Crippen LogP contribution in [0.2, 0.25) is 0 Å². The summed E-state index contributed by atoms with van der Waals surface area (Å²) in [4.78, 5) is 5.11. The predicted octanol–water partition coefficient (Wildman–Crippen LogP) is 3.76. The minimum atomic E-state index is 0.339. The van der Waals surface area contributed by atoms with E-state index < -0.39 is 0 Å². The van der Waals surface area contributed by atoms with Crippen molar-refractivity contribution in [1.29, 1.82) is 0 Å². The third kappa shape index (κ3) is 5.23. The topological polar surface area (TPSA) is 15.7 Å². The highest BCUT2D eigenvalue weighted by atomic mass is 31.0. The number of hydrogen-bond acceptors (Lipinski definition) is 3. The Balaban J connectivity index is 1.67. The molecule has 1 atom stereocenters. The largest absolute Gasteiger partial charge is 0.362 e. The second kappa shape index (κ2) is 9.84. The van der Waals surface area contributed by atoms with Crippen LogP contribution in [0.3, 0.4) is 0 Å². The quantitative estimate of drug-likeness (QED) is 0.556. The first-order valence-electron chi connectivity index (χ1n) is 8.91. The Bertz CT molecular complexity index is 600. The molecule has 0 N–H and O–H groups in total. The minimum absolute atomic E-state index is 0.339.